The van der Waals surface area contributed by atoms with Crippen molar-refractivity contribution in [1.29, 1.82) is 0 Å². The highest BCUT2D eigenvalue weighted by molar-refractivity contribution is 9.10. The lowest BCUT2D eigenvalue weighted by Gasteiger charge is -2.05. The van der Waals surface area contributed by atoms with E-state index in [1.807, 2.05) is 31.4 Å². The van der Waals surface area contributed by atoms with Gasteiger partial charge in [0.25, 0.3) is 0 Å². The zero-order valence-corrected chi connectivity index (χ0v) is 11.2. The third kappa shape index (κ3) is 2.65. The van der Waals surface area contributed by atoms with E-state index in [4.69, 9.17) is 4.74 Å². The fourth-order valence-electron chi connectivity index (χ4n) is 1.48. The molecule has 0 amide bonds. The average Bonchev–Trinajstić information content (AvgIpc) is 2.79. The van der Waals surface area contributed by atoms with Crippen LogP contribution >= 0.6 is 15.9 Å². The van der Waals surface area contributed by atoms with Crippen LogP contribution in [-0.2, 0) is 6.54 Å². The summed E-state index contributed by atoms with van der Waals surface area (Å²) in [6.45, 7) is 0.702. The van der Waals surface area contributed by atoms with Gasteiger partial charge >= 0.3 is 0 Å². The zero-order valence-electron chi connectivity index (χ0n) is 9.64. The molecule has 0 saturated heterocycles. The number of methoxy groups -OCH3 is 1. The lowest BCUT2D eigenvalue weighted by molar-refractivity contribution is 0.412. The predicted octanol–water partition coefficient (Wildman–Crippen LogP) is 1.76. The molecular weight excluding hydrogens is 284 g/mol. The second-order valence-corrected chi connectivity index (χ2v) is 4.36. The van der Waals surface area contributed by atoms with Gasteiger partial charge in [0.2, 0.25) is 0 Å². The van der Waals surface area contributed by atoms with Crippen LogP contribution in [0.4, 0.5) is 0 Å². The Morgan fingerprint density at radius 3 is 3.00 bits per heavy atom. The first-order valence-electron chi connectivity index (χ1n) is 5.14. The van der Waals surface area contributed by atoms with Gasteiger partial charge in [-0.3, -0.25) is 0 Å². The quantitative estimate of drug-likeness (QED) is 0.934. The summed E-state index contributed by atoms with van der Waals surface area (Å²) in [6, 6.07) is 5.78. The van der Waals surface area contributed by atoms with Crippen molar-refractivity contribution >= 4 is 15.9 Å². The molecular formula is C11H13BrN4O. The Kier molecular flexibility index (Phi) is 3.75. The molecule has 0 fully saturated rings. The lowest BCUT2D eigenvalue weighted by atomic mass is 10.3. The molecule has 0 saturated carbocycles. The molecule has 6 heteroatoms. The minimum Gasteiger partial charge on any atom is -0.495 e. The summed E-state index contributed by atoms with van der Waals surface area (Å²) >= 11 is 3.41. The van der Waals surface area contributed by atoms with Crippen LogP contribution in [0, 0.1) is 0 Å². The third-order valence-electron chi connectivity index (χ3n) is 2.30. The van der Waals surface area contributed by atoms with E-state index in [2.05, 4.69) is 31.6 Å². The van der Waals surface area contributed by atoms with Gasteiger partial charge in [-0.2, -0.15) is 0 Å². The summed E-state index contributed by atoms with van der Waals surface area (Å²) in [7, 11) is 3.51. The first-order valence-corrected chi connectivity index (χ1v) is 5.93. The topological polar surface area (TPSA) is 52.0 Å². The molecule has 1 aromatic heterocycles. The molecule has 0 unspecified atom stereocenters. The van der Waals surface area contributed by atoms with Crippen LogP contribution in [0.25, 0.3) is 5.69 Å². The molecule has 2 aromatic rings. The molecule has 0 spiro atoms. The number of rotatable bonds is 4. The summed E-state index contributed by atoms with van der Waals surface area (Å²) in [5, 5.41) is 11.2. The standard InChI is InChI=1S/C11H13BrN4O/c1-13-6-8-7-16(15-14-8)9-3-4-10(12)11(5-9)17-2/h3-5,7,13H,6H2,1-2H3. The van der Waals surface area contributed by atoms with Gasteiger partial charge in [-0.25, -0.2) is 4.68 Å². The van der Waals surface area contributed by atoms with Gasteiger partial charge in [0.15, 0.2) is 0 Å². The number of halogens is 1. The van der Waals surface area contributed by atoms with Gasteiger partial charge in [-0.15, -0.1) is 5.10 Å². The molecule has 0 aliphatic carbocycles. The van der Waals surface area contributed by atoms with E-state index in [1.165, 1.54) is 0 Å². The maximum Gasteiger partial charge on any atom is 0.135 e. The molecule has 1 aromatic carbocycles. The van der Waals surface area contributed by atoms with Crippen LogP contribution in [0.3, 0.4) is 0 Å². The molecule has 1 N–H and O–H groups in total. The summed E-state index contributed by atoms with van der Waals surface area (Å²) in [5.74, 6) is 0.771. The second-order valence-electron chi connectivity index (χ2n) is 3.50. The Morgan fingerprint density at radius 1 is 1.47 bits per heavy atom. The Labute approximate surface area is 108 Å². The van der Waals surface area contributed by atoms with Crippen LogP contribution in [0.5, 0.6) is 5.75 Å². The van der Waals surface area contributed by atoms with Crippen LogP contribution in [0.1, 0.15) is 5.69 Å². The molecule has 1 heterocycles. The van der Waals surface area contributed by atoms with Crippen molar-refractivity contribution in [3.63, 3.8) is 0 Å². The number of hydrogen-bond acceptors (Lipinski definition) is 4. The highest BCUT2D eigenvalue weighted by Gasteiger charge is 2.05. The van der Waals surface area contributed by atoms with E-state index in [-0.39, 0.29) is 0 Å². The van der Waals surface area contributed by atoms with Crippen molar-refractivity contribution < 1.29 is 4.74 Å². The number of nitrogens with one attached hydrogen (secondary N) is 1. The fourth-order valence-corrected chi connectivity index (χ4v) is 1.89. The van der Waals surface area contributed by atoms with Crippen molar-refractivity contribution in [2.24, 2.45) is 0 Å². The Balaban J connectivity index is 2.32. The predicted molar refractivity (Wildman–Crippen MR) is 68.4 cm³/mol. The highest BCUT2D eigenvalue weighted by atomic mass is 79.9. The van der Waals surface area contributed by atoms with Crippen LogP contribution in [-0.4, -0.2) is 29.2 Å². The van der Waals surface area contributed by atoms with Crippen molar-refractivity contribution in [2.75, 3.05) is 14.2 Å². The number of ether oxygens (including phenoxy) is 1. The molecule has 90 valence electrons. The summed E-state index contributed by atoms with van der Waals surface area (Å²) < 4.78 is 7.88. The average molecular weight is 297 g/mol. The maximum absolute atomic E-state index is 5.24. The number of aromatic nitrogens is 3. The van der Waals surface area contributed by atoms with E-state index in [9.17, 15) is 0 Å². The van der Waals surface area contributed by atoms with Gasteiger partial charge in [-0.05, 0) is 35.1 Å². The van der Waals surface area contributed by atoms with E-state index in [1.54, 1.807) is 11.8 Å². The van der Waals surface area contributed by atoms with Crippen LogP contribution in [0.15, 0.2) is 28.9 Å². The summed E-state index contributed by atoms with van der Waals surface area (Å²) in [4.78, 5) is 0. The Hall–Kier alpha value is -1.40. The van der Waals surface area contributed by atoms with Crippen molar-refractivity contribution in [1.82, 2.24) is 20.3 Å². The number of hydrogen-bond donors (Lipinski definition) is 1. The third-order valence-corrected chi connectivity index (χ3v) is 2.95. The normalized spacial score (nSPS) is 10.5. The molecule has 17 heavy (non-hydrogen) atoms. The zero-order chi connectivity index (χ0) is 12.3. The molecule has 2 rings (SSSR count). The van der Waals surface area contributed by atoms with Crippen molar-refractivity contribution in [2.45, 2.75) is 6.54 Å². The fraction of sp³-hybridized carbons (Fsp3) is 0.273. The Bertz CT molecular complexity index is 512. The molecule has 0 bridgehead atoms. The molecule has 5 nitrogen and oxygen atoms in total. The monoisotopic (exact) mass is 296 g/mol. The van der Waals surface area contributed by atoms with Gasteiger partial charge in [0.1, 0.15) is 5.75 Å². The van der Waals surface area contributed by atoms with Crippen molar-refractivity contribution in [3.05, 3.63) is 34.6 Å². The first-order chi connectivity index (χ1) is 8.24. The van der Waals surface area contributed by atoms with Gasteiger partial charge in [-0.1, -0.05) is 5.21 Å². The van der Waals surface area contributed by atoms with Gasteiger partial charge < -0.3 is 10.1 Å². The van der Waals surface area contributed by atoms with Crippen LogP contribution < -0.4 is 10.1 Å². The SMILES string of the molecule is CNCc1cn(-c2ccc(Br)c(OC)c2)nn1. The maximum atomic E-state index is 5.24. The van der Waals surface area contributed by atoms with E-state index < -0.39 is 0 Å². The van der Waals surface area contributed by atoms with E-state index >= 15 is 0 Å². The number of benzene rings is 1. The molecule has 0 aliphatic heterocycles. The van der Waals surface area contributed by atoms with Gasteiger partial charge in [0.05, 0.1) is 29.2 Å². The lowest BCUT2D eigenvalue weighted by Crippen LogP contribution is -2.04. The minimum absolute atomic E-state index is 0.702. The first kappa shape index (κ1) is 12.1. The van der Waals surface area contributed by atoms with Crippen molar-refractivity contribution in [3.8, 4) is 11.4 Å². The van der Waals surface area contributed by atoms with Gasteiger partial charge in [0, 0.05) is 12.6 Å². The largest absolute Gasteiger partial charge is 0.495 e. The number of nitrogens with zero attached hydrogens (tertiary/aromatic N) is 3. The smallest absolute Gasteiger partial charge is 0.135 e. The molecule has 0 aliphatic rings. The molecule has 0 atom stereocenters. The molecule has 0 radical (unpaired) electrons. The minimum atomic E-state index is 0.702. The highest BCUT2D eigenvalue weighted by Crippen LogP contribution is 2.26. The van der Waals surface area contributed by atoms with E-state index in [0.717, 1.165) is 21.6 Å². The summed E-state index contributed by atoms with van der Waals surface area (Å²) in [5.41, 5.74) is 1.81. The second kappa shape index (κ2) is 5.29. The van der Waals surface area contributed by atoms with E-state index in [0.29, 0.717) is 6.54 Å². The van der Waals surface area contributed by atoms with Crippen LogP contribution in [0.2, 0.25) is 0 Å². The Morgan fingerprint density at radius 2 is 2.29 bits per heavy atom. The summed E-state index contributed by atoms with van der Waals surface area (Å²) in [6.07, 6.45) is 1.89.